The molecular formula is C21H17N. The van der Waals surface area contributed by atoms with Crippen molar-refractivity contribution < 1.29 is 0 Å². The molecule has 0 spiro atoms. The van der Waals surface area contributed by atoms with Crippen molar-refractivity contribution in [2.45, 2.75) is 6.92 Å². The first-order valence-electron chi connectivity index (χ1n) is 7.51. The molecule has 0 saturated heterocycles. The Morgan fingerprint density at radius 2 is 1.64 bits per heavy atom. The van der Waals surface area contributed by atoms with Gasteiger partial charge >= 0.3 is 0 Å². The Bertz CT molecular complexity index is 927. The second-order valence-electron chi connectivity index (χ2n) is 5.68. The first-order valence-corrected chi connectivity index (χ1v) is 7.51. The highest BCUT2D eigenvalue weighted by Gasteiger charge is 2.20. The molecule has 1 aliphatic rings. The normalized spacial score (nSPS) is 12.3. The molecule has 4 rings (SSSR count). The average molecular weight is 283 g/mol. The van der Waals surface area contributed by atoms with Gasteiger partial charge in [0.1, 0.15) is 0 Å². The zero-order valence-electron chi connectivity index (χ0n) is 12.6. The third kappa shape index (κ3) is 1.86. The fourth-order valence-corrected chi connectivity index (χ4v) is 3.32. The maximum atomic E-state index is 3.74. The summed E-state index contributed by atoms with van der Waals surface area (Å²) in [5, 5.41) is 6.10. The quantitative estimate of drug-likeness (QED) is 0.455. The lowest BCUT2D eigenvalue weighted by Gasteiger charge is -2.09. The molecular weight excluding hydrogens is 266 g/mol. The smallest absolute Gasteiger partial charge is 0.0388 e. The highest BCUT2D eigenvalue weighted by Crippen LogP contribution is 2.47. The van der Waals surface area contributed by atoms with Crippen molar-refractivity contribution in [2.75, 3.05) is 5.32 Å². The van der Waals surface area contributed by atoms with Crippen molar-refractivity contribution >= 4 is 16.5 Å². The minimum absolute atomic E-state index is 1.09. The number of rotatable bonds is 3. The summed E-state index contributed by atoms with van der Waals surface area (Å²) in [5.41, 5.74) is 7.50. The fraction of sp³-hybridized carbons (Fsp3) is 0.0476. The predicted molar refractivity (Wildman–Crippen MR) is 96.0 cm³/mol. The second-order valence-corrected chi connectivity index (χ2v) is 5.68. The molecule has 0 radical (unpaired) electrons. The van der Waals surface area contributed by atoms with E-state index in [4.69, 9.17) is 0 Å². The molecule has 0 atom stereocenters. The van der Waals surface area contributed by atoms with Crippen molar-refractivity contribution in [2.24, 2.45) is 0 Å². The third-order valence-corrected chi connectivity index (χ3v) is 4.21. The number of hydrogen-bond donors (Lipinski definition) is 1. The lowest BCUT2D eigenvalue weighted by molar-refractivity contribution is 1.38. The van der Waals surface area contributed by atoms with E-state index in [2.05, 4.69) is 66.5 Å². The Balaban J connectivity index is 1.89. The van der Waals surface area contributed by atoms with Crippen molar-refractivity contribution in [3.8, 4) is 22.3 Å². The van der Waals surface area contributed by atoms with Gasteiger partial charge in [0.15, 0.2) is 0 Å². The maximum Gasteiger partial charge on any atom is 0.0388 e. The zero-order valence-corrected chi connectivity index (χ0v) is 12.6. The molecule has 3 aromatic rings. The van der Waals surface area contributed by atoms with Gasteiger partial charge in [-0.3, -0.25) is 0 Å². The van der Waals surface area contributed by atoms with Crippen molar-refractivity contribution in [1.29, 1.82) is 0 Å². The highest BCUT2D eigenvalue weighted by atomic mass is 14.9. The molecule has 22 heavy (non-hydrogen) atoms. The van der Waals surface area contributed by atoms with Gasteiger partial charge in [-0.2, -0.15) is 0 Å². The molecule has 0 saturated carbocycles. The summed E-state index contributed by atoms with van der Waals surface area (Å²) in [7, 11) is 0. The largest absolute Gasteiger partial charge is 0.359 e. The van der Waals surface area contributed by atoms with Crippen LogP contribution in [0.3, 0.4) is 0 Å². The number of fused-ring (bicyclic) bond motifs is 3. The average Bonchev–Trinajstić information content (AvgIpc) is 2.84. The van der Waals surface area contributed by atoms with Crippen LogP contribution in [0.5, 0.6) is 0 Å². The van der Waals surface area contributed by atoms with E-state index in [1.165, 1.54) is 33.0 Å². The molecule has 3 aromatic carbocycles. The number of nitrogens with one attached hydrogen (secondary N) is 1. The molecule has 0 bridgehead atoms. The number of anilines is 1. The van der Waals surface area contributed by atoms with Crippen molar-refractivity contribution in [3.05, 3.63) is 79.0 Å². The summed E-state index contributed by atoms with van der Waals surface area (Å²) in [6.45, 7) is 5.78. The summed E-state index contributed by atoms with van der Waals surface area (Å²) in [5.74, 6) is 0. The van der Waals surface area contributed by atoms with Gasteiger partial charge in [-0.15, -0.1) is 0 Å². The van der Waals surface area contributed by atoms with E-state index in [1.807, 2.05) is 13.0 Å². The van der Waals surface area contributed by atoms with Gasteiger partial charge in [-0.1, -0.05) is 55.1 Å². The van der Waals surface area contributed by atoms with E-state index in [-0.39, 0.29) is 0 Å². The minimum Gasteiger partial charge on any atom is -0.359 e. The summed E-state index contributed by atoms with van der Waals surface area (Å²) < 4.78 is 0. The standard InChI is InChI=1S/C21H17N/c1-3-6-14(2)22-16-11-12-17-18-9-4-7-15-8-5-10-19(21(15)18)20(17)13-16/h3-13,22H,1H2,2H3/b14-6+. The van der Waals surface area contributed by atoms with E-state index >= 15 is 0 Å². The van der Waals surface area contributed by atoms with Gasteiger partial charge in [0.25, 0.3) is 0 Å². The van der Waals surface area contributed by atoms with E-state index in [9.17, 15) is 0 Å². The molecule has 1 N–H and O–H groups in total. The Labute approximate surface area is 130 Å². The molecule has 0 heterocycles. The van der Waals surface area contributed by atoms with Gasteiger partial charge in [0, 0.05) is 11.4 Å². The van der Waals surface area contributed by atoms with Crippen LogP contribution in [0.4, 0.5) is 5.69 Å². The molecule has 1 heteroatoms. The van der Waals surface area contributed by atoms with Gasteiger partial charge in [0.2, 0.25) is 0 Å². The SMILES string of the molecule is C=C/C=C(\C)Nc1ccc2c(c1)-c1cccc3cccc-2c13. The molecule has 0 aromatic heterocycles. The third-order valence-electron chi connectivity index (χ3n) is 4.21. The van der Waals surface area contributed by atoms with Crippen LogP contribution in [0.2, 0.25) is 0 Å². The zero-order chi connectivity index (χ0) is 15.1. The Hall–Kier alpha value is -2.80. The summed E-state index contributed by atoms with van der Waals surface area (Å²) in [6.07, 6.45) is 3.77. The van der Waals surface area contributed by atoms with Crippen LogP contribution in [0.25, 0.3) is 33.0 Å². The first kappa shape index (κ1) is 12.9. The van der Waals surface area contributed by atoms with Crippen LogP contribution in [-0.4, -0.2) is 0 Å². The molecule has 0 unspecified atom stereocenters. The van der Waals surface area contributed by atoms with Crippen LogP contribution in [0, 0.1) is 0 Å². The van der Waals surface area contributed by atoms with Crippen LogP contribution < -0.4 is 5.32 Å². The lowest BCUT2D eigenvalue weighted by Crippen LogP contribution is -1.95. The molecule has 0 fully saturated rings. The topological polar surface area (TPSA) is 12.0 Å². The van der Waals surface area contributed by atoms with Crippen LogP contribution in [0.1, 0.15) is 6.92 Å². The van der Waals surface area contributed by atoms with Crippen LogP contribution in [-0.2, 0) is 0 Å². The van der Waals surface area contributed by atoms with E-state index in [0.717, 1.165) is 11.4 Å². The fourth-order valence-electron chi connectivity index (χ4n) is 3.32. The predicted octanol–water partition coefficient (Wildman–Crippen LogP) is 5.99. The minimum atomic E-state index is 1.09. The molecule has 0 aliphatic heterocycles. The Morgan fingerprint density at radius 3 is 2.36 bits per heavy atom. The Kier molecular flexibility index (Phi) is 2.87. The molecule has 1 nitrogen and oxygen atoms in total. The summed E-state index contributed by atoms with van der Waals surface area (Å²) >= 11 is 0. The van der Waals surface area contributed by atoms with Crippen LogP contribution >= 0.6 is 0 Å². The second kappa shape index (κ2) is 4.88. The van der Waals surface area contributed by atoms with Gasteiger partial charge in [-0.05, 0) is 58.2 Å². The monoisotopic (exact) mass is 283 g/mol. The first-order chi connectivity index (χ1) is 10.8. The van der Waals surface area contributed by atoms with E-state index in [1.54, 1.807) is 6.08 Å². The molecule has 106 valence electrons. The number of hydrogen-bond acceptors (Lipinski definition) is 1. The number of allylic oxidation sites excluding steroid dienone is 3. The number of benzene rings is 3. The van der Waals surface area contributed by atoms with Gasteiger partial charge in [0.05, 0.1) is 0 Å². The van der Waals surface area contributed by atoms with E-state index in [0.29, 0.717) is 0 Å². The van der Waals surface area contributed by atoms with Gasteiger partial charge < -0.3 is 5.32 Å². The summed E-state index contributed by atoms with van der Waals surface area (Å²) in [6, 6.07) is 19.7. The Morgan fingerprint density at radius 1 is 0.909 bits per heavy atom. The maximum absolute atomic E-state index is 3.74. The van der Waals surface area contributed by atoms with Gasteiger partial charge in [-0.25, -0.2) is 0 Å². The molecule has 0 amide bonds. The van der Waals surface area contributed by atoms with Crippen molar-refractivity contribution in [3.63, 3.8) is 0 Å². The molecule has 1 aliphatic carbocycles. The highest BCUT2D eigenvalue weighted by molar-refractivity contribution is 6.15. The van der Waals surface area contributed by atoms with Crippen molar-refractivity contribution in [1.82, 2.24) is 0 Å². The van der Waals surface area contributed by atoms with Crippen LogP contribution in [0.15, 0.2) is 79.0 Å². The lowest BCUT2D eigenvalue weighted by atomic mass is 10.0. The van der Waals surface area contributed by atoms with E-state index < -0.39 is 0 Å². The summed E-state index contributed by atoms with van der Waals surface area (Å²) in [4.78, 5) is 0.